The fraction of sp³-hybridized carbons (Fsp3) is 0.923. The van der Waals surface area contributed by atoms with Gasteiger partial charge in [0.1, 0.15) is 0 Å². The largest absolute Gasteiger partial charge is 0.315 e. The smallest absolute Gasteiger partial charge is 0.209 e. The molecule has 108 valence electrons. The summed E-state index contributed by atoms with van der Waals surface area (Å²) in [6.45, 7) is 5.05. The van der Waals surface area contributed by atoms with Crippen LogP contribution in [0.5, 0.6) is 0 Å². The van der Waals surface area contributed by atoms with Gasteiger partial charge in [-0.1, -0.05) is 44.4 Å². The molecule has 0 aromatic carbocycles. The molecule has 0 bridgehead atoms. The molecule has 1 fully saturated rings. The molecule has 19 heavy (non-hydrogen) atoms. The van der Waals surface area contributed by atoms with Crippen LogP contribution in [0.15, 0.2) is 5.16 Å². The molecule has 1 saturated carbocycles. The summed E-state index contributed by atoms with van der Waals surface area (Å²) in [6, 6.07) is 0. The van der Waals surface area contributed by atoms with Crippen molar-refractivity contribution < 1.29 is 0 Å². The van der Waals surface area contributed by atoms with Gasteiger partial charge >= 0.3 is 0 Å². The fourth-order valence-corrected chi connectivity index (χ4v) is 3.62. The highest BCUT2D eigenvalue weighted by molar-refractivity contribution is 7.99. The van der Waals surface area contributed by atoms with E-state index in [1.165, 1.54) is 44.9 Å². The van der Waals surface area contributed by atoms with Gasteiger partial charge in [0, 0.05) is 11.8 Å². The molecule has 0 unspecified atom stereocenters. The van der Waals surface area contributed by atoms with Crippen LogP contribution < -0.4 is 5.32 Å². The number of nitrogens with one attached hydrogen (secondary N) is 1. The molecule has 0 spiro atoms. The van der Waals surface area contributed by atoms with Crippen LogP contribution in [0.1, 0.15) is 51.9 Å². The van der Waals surface area contributed by atoms with Gasteiger partial charge in [-0.05, 0) is 36.2 Å². The van der Waals surface area contributed by atoms with E-state index in [1.54, 1.807) is 0 Å². The van der Waals surface area contributed by atoms with Gasteiger partial charge in [0.05, 0.1) is 6.54 Å². The Bertz CT molecular complexity index is 347. The summed E-state index contributed by atoms with van der Waals surface area (Å²) in [4.78, 5) is 0. The molecule has 2 rings (SSSR count). The van der Waals surface area contributed by atoms with Crippen LogP contribution in [0.4, 0.5) is 0 Å². The second-order valence-corrected chi connectivity index (χ2v) is 6.43. The van der Waals surface area contributed by atoms with Gasteiger partial charge in [0.2, 0.25) is 5.16 Å². The number of thioether (sulfide) groups is 1. The summed E-state index contributed by atoms with van der Waals surface area (Å²) in [7, 11) is 0. The first-order valence-corrected chi connectivity index (χ1v) is 8.41. The molecular formula is C13H25N5S. The predicted molar refractivity (Wildman–Crippen MR) is 78.3 cm³/mol. The summed E-state index contributed by atoms with van der Waals surface area (Å²) in [5.41, 5.74) is 0. The molecule has 1 aromatic rings. The molecule has 0 radical (unpaired) electrons. The van der Waals surface area contributed by atoms with E-state index in [4.69, 9.17) is 0 Å². The lowest BCUT2D eigenvalue weighted by Gasteiger charge is -2.12. The molecule has 1 aliphatic carbocycles. The third-order valence-corrected chi connectivity index (χ3v) is 4.81. The molecule has 0 aliphatic heterocycles. The van der Waals surface area contributed by atoms with Crippen molar-refractivity contribution in [2.45, 2.75) is 68.8 Å². The van der Waals surface area contributed by atoms with Crippen molar-refractivity contribution in [1.82, 2.24) is 25.5 Å². The Morgan fingerprint density at radius 2 is 2.00 bits per heavy atom. The van der Waals surface area contributed by atoms with E-state index in [2.05, 4.69) is 27.8 Å². The second kappa shape index (κ2) is 8.53. The van der Waals surface area contributed by atoms with Crippen molar-refractivity contribution in [3.63, 3.8) is 0 Å². The van der Waals surface area contributed by atoms with Crippen LogP contribution in [0, 0.1) is 0 Å². The van der Waals surface area contributed by atoms with Gasteiger partial charge in [0.15, 0.2) is 0 Å². The van der Waals surface area contributed by atoms with Crippen molar-refractivity contribution in [1.29, 1.82) is 0 Å². The van der Waals surface area contributed by atoms with Gasteiger partial charge in [-0.25, -0.2) is 4.68 Å². The number of rotatable bonds is 7. The summed E-state index contributed by atoms with van der Waals surface area (Å²) in [6.07, 6.45) is 9.29. The van der Waals surface area contributed by atoms with Crippen LogP contribution >= 0.6 is 11.8 Å². The SMILES string of the molecule is CCCNCCn1nnnc1SC1CCCCCC1. The maximum atomic E-state index is 4.18. The first-order valence-electron chi connectivity index (χ1n) is 7.53. The van der Waals surface area contributed by atoms with Crippen LogP contribution in [0.2, 0.25) is 0 Å². The standard InChI is InChI=1S/C13H25N5S/c1-2-9-14-10-11-18-13(15-16-17-18)19-12-7-5-3-4-6-8-12/h12,14H,2-11H2,1H3. The first kappa shape index (κ1) is 14.8. The number of aromatic nitrogens is 4. The predicted octanol–water partition coefficient (Wildman–Crippen LogP) is 2.49. The number of nitrogens with zero attached hydrogens (tertiary/aromatic N) is 4. The highest BCUT2D eigenvalue weighted by atomic mass is 32.2. The monoisotopic (exact) mass is 283 g/mol. The number of tetrazole rings is 1. The molecule has 0 atom stereocenters. The second-order valence-electron chi connectivity index (χ2n) is 5.17. The Morgan fingerprint density at radius 1 is 1.21 bits per heavy atom. The molecule has 5 nitrogen and oxygen atoms in total. The minimum Gasteiger partial charge on any atom is -0.315 e. The lowest BCUT2D eigenvalue weighted by molar-refractivity contribution is 0.509. The van der Waals surface area contributed by atoms with E-state index in [0.717, 1.165) is 24.8 Å². The highest BCUT2D eigenvalue weighted by Crippen LogP contribution is 2.31. The Labute approximate surface area is 119 Å². The highest BCUT2D eigenvalue weighted by Gasteiger charge is 2.17. The third kappa shape index (κ3) is 5.10. The third-order valence-electron chi connectivity index (χ3n) is 3.50. The fourth-order valence-electron chi connectivity index (χ4n) is 2.42. The van der Waals surface area contributed by atoms with Gasteiger partial charge in [-0.3, -0.25) is 0 Å². The van der Waals surface area contributed by atoms with Gasteiger partial charge in [0.25, 0.3) is 0 Å². The van der Waals surface area contributed by atoms with Crippen LogP contribution in [-0.4, -0.2) is 38.5 Å². The summed E-state index contributed by atoms with van der Waals surface area (Å²) < 4.78 is 1.94. The number of hydrogen-bond acceptors (Lipinski definition) is 5. The minimum absolute atomic E-state index is 0.704. The average molecular weight is 283 g/mol. The molecule has 1 N–H and O–H groups in total. The van der Waals surface area contributed by atoms with E-state index in [1.807, 2.05) is 16.4 Å². The van der Waals surface area contributed by atoms with Gasteiger partial charge < -0.3 is 5.32 Å². The van der Waals surface area contributed by atoms with Gasteiger partial charge in [-0.15, -0.1) is 5.10 Å². The maximum Gasteiger partial charge on any atom is 0.209 e. The van der Waals surface area contributed by atoms with Gasteiger partial charge in [-0.2, -0.15) is 0 Å². The summed E-state index contributed by atoms with van der Waals surface area (Å²) in [5.74, 6) is 0. The van der Waals surface area contributed by atoms with E-state index in [-0.39, 0.29) is 0 Å². The number of hydrogen-bond donors (Lipinski definition) is 1. The van der Waals surface area contributed by atoms with Crippen molar-refractivity contribution in [3.8, 4) is 0 Å². The Hall–Kier alpha value is -0.620. The molecule has 6 heteroatoms. The first-order chi connectivity index (χ1) is 9.40. The van der Waals surface area contributed by atoms with Crippen molar-refractivity contribution in [2.24, 2.45) is 0 Å². The normalized spacial score (nSPS) is 17.5. The van der Waals surface area contributed by atoms with E-state index in [0.29, 0.717) is 5.25 Å². The average Bonchev–Trinajstić information content (AvgIpc) is 2.69. The van der Waals surface area contributed by atoms with E-state index >= 15 is 0 Å². The van der Waals surface area contributed by atoms with E-state index < -0.39 is 0 Å². The summed E-state index contributed by atoms with van der Waals surface area (Å²) in [5, 5.41) is 17.2. The lowest BCUT2D eigenvalue weighted by Crippen LogP contribution is -2.21. The van der Waals surface area contributed by atoms with E-state index in [9.17, 15) is 0 Å². The molecule has 1 aromatic heterocycles. The zero-order valence-electron chi connectivity index (χ0n) is 11.8. The van der Waals surface area contributed by atoms with Crippen molar-refractivity contribution in [2.75, 3.05) is 13.1 Å². The Kier molecular flexibility index (Phi) is 6.64. The van der Waals surface area contributed by atoms with Crippen LogP contribution in [-0.2, 0) is 6.54 Å². The molecule has 0 amide bonds. The zero-order valence-corrected chi connectivity index (χ0v) is 12.7. The summed E-state index contributed by atoms with van der Waals surface area (Å²) >= 11 is 1.87. The Balaban J connectivity index is 1.80. The minimum atomic E-state index is 0.704. The molecule has 0 saturated heterocycles. The molecule has 1 aliphatic rings. The van der Waals surface area contributed by atoms with Crippen molar-refractivity contribution in [3.05, 3.63) is 0 Å². The Morgan fingerprint density at radius 3 is 2.74 bits per heavy atom. The topological polar surface area (TPSA) is 55.6 Å². The van der Waals surface area contributed by atoms with Crippen LogP contribution in [0.3, 0.4) is 0 Å². The van der Waals surface area contributed by atoms with Crippen LogP contribution in [0.25, 0.3) is 0 Å². The lowest BCUT2D eigenvalue weighted by atomic mass is 10.2. The maximum absolute atomic E-state index is 4.18. The molecular weight excluding hydrogens is 258 g/mol. The molecule has 1 heterocycles. The van der Waals surface area contributed by atoms with Crippen molar-refractivity contribution >= 4 is 11.8 Å². The quantitative estimate of drug-likeness (QED) is 0.615. The zero-order chi connectivity index (χ0) is 13.3.